The van der Waals surface area contributed by atoms with Crippen molar-refractivity contribution in [2.45, 2.75) is 143 Å². The van der Waals surface area contributed by atoms with Crippen molar-refractivity contribution in [2.75, 3.05) is 19.8 Å². The monoisotopic (exact) mass is 528 g/mol. The molecule has 0 amide bonds. The summed E-state index contributed by atoms with van der Waals surface area (Å²) >= 11 is 0. The molecule has 1 unspecified atom stereocenters. The van der Waals surface area contributed by atoms with E-state index in [4.69, 9.17) is 14.2 Å². The number of rotatable bonds is 25. The second-order valence-corrected chi connectivity index (χ2v) is 10.8. The van der Waals surface area contributed by atoms with Gasteiger partial charge in [-0.1, -0.05) is 85.5 Å². The fourth-order valence-electron chi connectivity index (χ4n) is 4.10. The van der Waals surface area contributed by atoms with E-state index in [1.807, 2.05) is 13.8 Å². The summed E-state index contributed by atoms with van der Waals surface area (Å²) in [6, 6.07) is 0. The molecule has 0 rings (SSSR count). The van der Waals surface area contributed by atoms with Gasteiger partial charge in [-0.15, -0.1) is 0 Å². The van der Waals surface area contributed by atoms with Crippen molar-refractivity contribution in [1.82, 2.24) is 0 Å². The molecule has 0 spiro atoms. The first-order valence-electron chi connectivity index (χ1n) is 14.9. The molecule has 0 bridgehead atoms. The van der Waals surface area contributed by atoms with Gasteiger partial charge in [-0.05, 0) is 38.0 Å². The van der Waals surface area contributed by atoms with Crippen molar-refractivity contribution in [3.63, 3.8) is 0 Å². The molecule has 1 atom stereocenters. The van der Waals surface area contributed by atoms with Crippen LogP contribution in [0.1, 0.15) is 137 Å². The van der Waals surface area contributed by atoms with E-state index in [0.29, 0.717) is 38.0 Å². The van der Waals surface area contributed by atoms with Crippen LogP contribution in [0.2, 0.25) is 0 Å². The van der Waals surface area contributed by atoms with E-state index in [2.05, 4.69) is 13.8 Å². The third kappa shape index (κ3) is 24.5. The topological polar surface area (TPSA) is 99.1 Å². The van der Waals surface area contributed by atoms with Crippen LogP contribution in [0.25, 0.3) is 0 Å². The quantitative estimate of drug-likeness (QED) is 0.0780. The Morgan fingerprint density at radius 1 is 0.595 bits per heavy atom. The van der Waals surface area contributed by atoms with Gasteiger partial charge in [-0.3, -0.25) is 14.4 Å². The molecule has 0 fully saturated rings. The van der Waals surface area contributed by atoms with Gasteiger partial charge in [0.05, 0.1) is 19.3 Å². The maximum absolute atomic E-state index is 12.1. The van der Waals surface area contributed by atoms with Gasteiger partial charge in [0.1, 0.15) is 6.61 Å². The molecule has 1 N–H and O–H groups in total. The summed E-state index contributed by atoms with van der Waals surface area (Å²) < 4.78 is 16.2. The Labute approximate surface area is 226 Å². The largest absolute Gasteiger partial charge is 0.465 e. The van der Waals surface area contributed by atoms with Crippen molar-refractivity contribution < 1.29 is 33.7 Å². The van der Waals surface area contributed by atoms with Crippen LogP contribution in [0.3, 0.4) is 0 Å². The second-order valence-electron chi connectivity index (χ2n) is 10.8. The second kappa shape index (κ2) is 24.7. The van der Waals surface area contributed by atoms with E-state index in [1.165, 1.54) is 25.7 Å². The summed E-state index contributed by atoms with van der Waals surface area (Å²) in [5.74, 6) is -0.462. The maximum Gasteiger partial charge on any atom is 0.305 e. The van der Waals surface area contributed by atoms with E-state index in [-0.39, 0.29) is 50.1 Å². The van der Waals surface area contributed by atoms with Crippen molar-refractivity contribution in [3.05, 3.63) is 0 Å². The molecule has 0 aliphatic rings. The molecule has 0 aromatic carbocycles. The molecule has 7 nitrogen and oxygen atoms in total. The lowest BCUT2D eigenvalue weighted by molar-refractivity contribution is -0.149. The van der Waals surface area contributed by atoms with Gasteiger partial charge >= 0.3 is 17.9 Å². The van der Waals surface area contributed by atoms with E-state index >= 15 is 0 Å². The standard InChI is InChI=1S/C30H56O7/c1-5-7-9-11-13-18-28(32)35-22-26(23-36-29(33)19-14-12-10-8-6-2)17-15-16-20-30(34)37-24-27(31)21-25(3)4/h25-27,31H,5-24H2,1-4H3. The van der Waals surface area contributed by atoms with Crippen LogP contribution < -0.4 is 0 Å². The predicted octanol–water partition coefficient (Wildman–Crippen LogP) is 6.92. The number of unbranched alkanes of at least 4 members (excludes halogenated alkanes) is 9. The average molecular weight is 529 g/mol. The van der Waals surface area contributed by atoms with Crippen LogP contribution in [0, 0.1) is 11.8 Å². The molecule has 0 heterocycles. The van der Waals surface area contributed by atoms with Gasteiger partial charge in [-0.2, -0.15) is 0 Å². The Kier molecular flexibility index (Phi) is 23.6. The highest BCUT2D eigenvalue weighted by atomic mass is 16.5. The molecule has 218 valence electrons. The molecular formula is C30H56O7. The summed E-state index contributed by atoms with van der Waals surface area (Å²) in [5, 5.41) is 9.84. The molecule has 0 radical (unpaired) electrons. The zero-order valence-corrected chi connectivity index (χ0v) is 24.3. The van der Waals surface area contributed by atoms with Crippen LogP contribution >= 0.6 is 0 Å². The Bertz CT molecular complexity index is 546. The summed E-state index contributed by atoms with van der Waals surface area (Å²) in [6.45, 7) is 8.83. The van der Waals surface area contributed by atoms with Gasteiger partial charge < -0.3 is 19.3 Å². The lowest BCUT2D eigenvalue weighted by Crippen LogP contribution is -2.21. The van der Waals surface area contributed by atoms with E-state index in [9.17, 15) is 19.5 Å². The van der Waals surface area contributed by atoms with Crippen LogP contribution in [0.4, 0.5) is 0 Å². The highest BCUT2D eigenvalue weighted by Crippen LogP contribution is 2.15. The number of aliphatic hydroxyl groups is 1. The molecule has 0 aliphatic carbocycles. The van der Waals surface area contributed by atoms with Crippen molar-refractivity contribution in [1.29, 1.82) is 0 Å². The van der Waals surface area contributed by atoms with Crippen molar-refractivity contribution in [2.24, 2.45) is 11.8 Å². The molecule has 0 aliphatic heterocycles. The normalized spacial score (nSPS) is 12.1. The average Bonchev–Trinajstić information content (AvgIpc) is 2.85. The number of carbonyl (C=O) groups is 3. The predicted molar refractivity (Wildman–Crippen MR) is 147 cm³/mol. The Morgan fingerprint density at radius 2 is 1.00 bits per heavy atom. The van der Waals surface area contributed by atoms with Gasteiger partial charge in [0.2, 0.25) is 0 Å². The molecule has 0 saturated heterocycles. The Balaban J connectivity index is 4.38. The third-order valence-electron chi connectivity index (χ3n) is 6.35. The summed E-state index contributed by atoms with van der Waals surface area (Å²) in [7, 11) is 0. The van der Waals surface area contributed by atoms with Crippen LogP contribution in [0.15, 0.2) is 0 Å². The highest BCUT2D eigenvalue weighted by molar-refractivity contribution is 5.70. The summed E-state index contributed by atoms with van der Waals surface area (Å²) in [4.78, 5) is 36.3. The number of hydrogen-bond donors (Lipinski definition) is 1. The zero-order valence-electron chi connectivity index (χ0n) is 24.3. The Morgan fingerprint density at radius 3 is 1.43 bits per heavy atom. The lowest BCUT2D eigenvalue weighted by Gasteiger charge is -2.17. The maximum atomic E-state index is 12.1. The number of carbonyl (C=O) groups excluding carboxylic acids is 3. The summed E-state index contributed by atoms with van der Waals surface area (Å²) in [5.41, 5.74) is 0. The zero-order chi connectivity index (χ0) is 27.7. The number of hydrogen-bond acceptors (Lipinski definition) is 7. The van der Waals surface area contributed by atoms with Crippen LogP contribution in [-0.2, 0) is 28.6 Å². The Hall–Kier alpha value is -1.63. The number of ether oxygens (including phenoxy) is 3. The van der Waals surface area contributed by atoms with E-state index < -0.39 is 6.10 Å². The first-order valence-corrected chi connectivity index (χ1v) is 14.9. The minimum Gasteiger partial charge on any atom is -0.465 e. The number of aliphatic hydroxyl groups excluding tert-OH is 1. The summed E-state index contributed by atoms with van der Waals surface area (Å²) in [6.07, 6.45) is 13.9. The minimum absolute atomic E-state index is 0.0302. The molecule has 7 heteroatoms. The SMILES string of the molecule is CCCCCCCC(=O)OCC(CCCCC(=O)OCC(O)CC(C)C)COC(=O)CCCCCCC. The molecular weight excluding hydrogens is 472 g/mol. The number of esters is 3. The fraction of sp³-hybridized carbons (Fsp3) is 0.900. The molecule has 0 aromatic rings. The van der Waals surface area contributed by atoms with E-state index in [0.717, 1.165) is 44.9 Å². The lowest BCUT2D eigenvalue weighted by atomic mass is 10.0. The molecule has 37 heavy (non-hydrogen) atoms. The fourth-order valence-corrected chi connectivity index (χ4v) is 4.10. The van der Waals surface area contributed by atoms with Crippen LogP contribution in [-0.4, -0.2) is 48.9 Å². The first kappa shape index (κ1) is 35.4. The highest BCUT2D eigenvalue weighted by Gasteiger charge is 2.16. The smallest absolute Gasteiger partial charge is 0.305 e. The minimum atomic E-state index is -0.629. The van der Waals surface area contributed by atoms with Gasteiger partial charge in [0, 0.05) is 25.2 Å². The van der Waals surface area contributed by atoms with Crippen LogP contribution in [0.5, 0.6) is 0 Å². The third-order valence-corrected chi connectivity index (χ3v) is 6.35. The van der Waals surface area contributed by atoms with Gasteiger partial charge in [0.25, 0.3) is 0 Å². The van der Waals surface area contributed by atoms with Gasteiger partial charge in [0.15, 0.2) is 0 Å². The molecule has 0 saturated carbocycles. The van der Waals surface area contributed by atoms with E-state index in [1.54, 1.807) is 0 Å². The van der Waals surface area contributed by atoms with Gasteiger partial charge in [-0.25, -0.2) is 0 Å². The first-order chi connectivity index (χ1) is 17.8. The van der Waals surface area contributed by atoms with Crippen molar-refractivity contribution >= 4 is 17.9 Å². The molecule has 0 aromatic heterocycles. The van der Waals surface area contributed by atoms with Crippen molar-refractivity contribution in [3.8, 4) is 0 Å².